The Labute approximate surface area is 115 Å². The van der Waals surface area contributed by atoms with Crippen LogP contribution in [-0.2, 0) is 34.1 Å². The molecule has 0 fully saturated rings. The molecule has 12 heteroatoms. The zero-order chi connectivity index (χ0) is 15.1. The summed E-state index contributed by atoms with van der Waals surface area (Å²) in [4.78, 5) is -0.529. The minimum absolute atomic E-state index is 0.119. The van der Waals surface area contributed by atoms with Gasteiger partial charge in [-0.05, 0) is 0 Å². The number of sulfonamides is 2. The Balaban J connectivity index is 2.45. The lowest BCUT2D eigenvalue weighted by Gasteiger charge is -2.04. The molecule has 2 rings (SSSR count). The second-order valence-corrected chi connectivity index (χ2v) is 7.23. The van der Waals surface area contributed by atoms with Crippen LogP contribution in [-0.4, -0.2) is 36.4 Å². The maximum atomic E-state index is 12.1. The summed E-state index contributed by atoms with van der Waals surface area (Å²) in [5.41, 5.74) is 0. The van der Waals surface area contributed by atoms with E-state index in [9.17, 15) is 16.8 Å². The Morgan fingerprint density at radius 1 is 1.15 bits per heavy atom. The van der Waals surface area contributed by atoms with Crippen LogP contribution in [0.1, 0.15) is 0 Å². The summed E-state index contributed by atoms with van der Waals surface area (Å²) in [6.07, 6.45) is 3.50. The van der Waals surface area contributed by atoms with Gasteiger partial charge in [0.1, 0.15) is 9.79 Å². The fourth-order valence-electron chi connectivity index (χ4n) is 1.47. The van der Waals surface area contributed by atoms with Crippen molar-refractivity contribution in [3.8, 4) is 0 Å². The molecule has 2 heterocycles. The van der Waals surface area contributed by atoms with Crippen molar-refractivity contribution >= 4 is 25.9 Å². The van der Waals surface area contributed by atoms with E-state index in [1.54, 1.807) is 7.05 Å². The lowest BCUT2D eigenvalue weighted by molar-refractivity contribution is 0.598. The molecule has 2 aromatic heterocycles. The molecule has 0 aromatic carbocycles. The van der Waals surface area contributed by atoms with Crippen LogP contribution in [0.25, 0.3) is 0 Å². The van der Waals surface area contributed by atoms with Crippen LogP contribution >= 0.6 is 0 Å². The van der Waals surface area contributed by atoms with Crippen LogP contribution < -0.4 is 9.86 Å². The van der Waals surface area contributed by atoms with Gasteiger partial charge in [0.15, 0.2) is 5.82 Å². The van der Waals surface area contributed by atoms with Gasteiger partial charge in [-0.1, -0.05) is 0 Å². The predicted octanol–water partition coefficient (Wildman–Crippen LogP) is -1.40. The van der Waals surface area contributed by atoms with Crippen molar-refractivity contribution in [2.24, 2.45) is 19.2 Å². The molecule has 0 unspecified atom stereocenters. The van der Waals surface area contributed by atoms with Gasteiger partial charge in [0.25, 0.3) is 10.0 Å². The number of anilines is 1. The summed E-state index contributed by atoms with van der Waals surface area (Å²) in [5, 5.41) is 12.5. The molecule has 0 radical (unpaired) electrons. The van der Waals surface area contributed by atoms with E-state index in [2.05, 4.69) is 14.9 Å². The highest BCUT2D eigenvalue weighted by Crippen LogP contribution is 2.21. The van der Waals surface area contributed by atoms with Crippen LogP contribution in [0.4, 0.5) is 5.82 Å². The van der Waals surface area contributed by atoms with E-state index in [4.69, 9.17) is 5.14 Å². The largest absolute Gasteiger partial charge is 0.274 e. The first-order valence-electron chi connectivity index (χ1n) is 5.17. The van der Waals surface area contributed by atoms with Crippen LogP contribution in [0.5, 0.6) is 0 Å². The summed E-state index contributed by atoms with van der Waals surface area (Å²) >= 11 is 0. The van der Waals surface area contributed by atoms with E-state index >= 15 is 0 Å². The normalized spacial score (nSPS) is 12.6. The number of nitrogens with one attached hydrogen (secondary N) is 1. The summed E-state index contributed by atoms with van der Waals surface area (Å²) in [5.74, 6) is -0.362. The SMILES string of the molecule is Cn1cc(S(=O)(=O)Nc2nn(C)cc2S(N)(=O)=O)cn1. The predicted molar refractivity (Wildman–Crippen MR) is 68.6 cm³/mol. The smallest absolute Gasteiger partial charge is 0.266 e. The lowest BCUT2D eigenvalue weighted by Crippen LogP contribution is -2.18. The first kappa shape index (κ1) is 14.5. The molecule has 0 amide bonds. The third-order valence-electron chi connectivity index (χ3n) is 2.32. The number of aryl methyl sites for hydroxylation is 2. The third-order valence-corrected chi connectivity index (χ3v) is 4.53. The molecule has 0 spiro atoms. The molecule has 0 saturated heterocycles. The Morgan fingerprint density at radius 3 is 2.30 bits per heavy atom. The number of aromatic nitrogens is 4. The number of hydrogen-bond donors (Lipinski definition) is 2. The average molecular weight is 320 g/mol. The third kappa shape index (κ3) is 2.81. The molecular formula is C8H12N6O4S2. The van der Waals surface area contributed by atoms with Gasteiger partial charge in [0, 0.05) is 26.5 Å². The number of nitrogens with two attached hydrogens (primary N) is 1. The van der Waals surface area contributed by atoms with Crippen molar-refractivity contribution in [1.82, 2.24) is 19.6 Å². The van der Waals surface area contributed by atoms with Crippen molar-refractivity contribution in [2.75, 3.05) is 4.72 Å². The Morgan fingerprint density at radius 2 is 1.80 bits per heavy atom. The highest BCUT2D eigenvalue weighted by Gasteiger charge is 2.24. The summed E-state index contributed by atoms with van der Waals surface area (Å²) in [6, 6.07) is 0. The highest BCUT2D eigenvalue weighted by atomic mass is 32.2. The number of rotatable bonds is 4. The van der Waals surface area contributed by atoms with E-state index in [0.29, 0.717) is 0 Å². The summed E-state index contributed by atoms with van der Waals surface area (Å²) in [6.45, 7) is 0. The fourth-order valence-corrected chi connectivity index (χ4v) is 3.20. The van der Waals surface area contributed by atoms with E-state index < -0.39 is 24.9 Å². The molecule has 0 aliphatic carbocycles. The Hall–Kier alpha value is -1.92. The maximum Gasteiger partial charge on any atom is 0.266 e. The molecule has 2 aromatic rings. The molecule has 0 atom stereocenters. The van der Waals surface area contributed by atoms with Crippen LogP contribution in [0.15, 0.2) is 28.4 Å². The summed E-state index contributed by atoms with van der Waals surface area (Å²) < 4.78 is 51.4. The maximum absolute atomic E-state index is 12.1. The molecule has 0 aliphatic rings. The van der Waals surface area contributed by atoms with E-state index in [1.165, 1.54) is 17.9 Å². The number of primary sulfonamides is 1. The lowest BCUT2D eigenvalue weighted by atomic mass is 10.7. The van der Waals surface area contributed by atoms with Crippen molar-refractivity contribution in [1.29, 1.82) is 0 Å². The summed E-state index contributed by atoms with van der Waals surface area (Å²) in [7, 11) is -5.09. The second kappa shape index (κ2) is 4.57. The van der Waals surface area contributed by atoms with Gasteiger partial charge in [0.05, 0.1) is 6.20 Å². The van der Waals surface area contributed by atoms with Crippen LogP contribution in [0.2, 0.25) is 0 Å². The molecule has 3 N–H and O–H groups in total. The van der Waals surface area contributed by atoms with Crippen molar-refractivity contribution in [3.63, 3.8) is 0 Å². The topological polar surface area (TPSA) is 142 Å². The zero-order valence-corrected chi connectivity index (χ0v) is 12.2. The van der Waals surface area contributed by atoms with Crippen molar-refractivity contribution in [2.45, 2.75) is 9.79 Å². The van der Waals surface area contributed by atoms with Gasteiger partial charge in [-0.2, -0.15) is 10.2 Å². The minimum Gasteiger partial charge on any atom is -0.274 e. The minimum atomic E-state index is -4.09. The molecule has 10 nitrogen and oxygen atoms in total. The van der Waals surface area contributed by atoms with Gasteiger partial charge < -0.3 is 0 Å². The first-order valence-corrected chi connectivity index (χ1v) is 8.20. The van der Waals surface area contributed by atoms with Crippen LogP contribution in [0, 0.1) is 0 Å². The van der Waals surface area contributed by atoms with E-state index in [-0.39, 0.29) is 10.7 Å². The quantitative estimate of drug-likeness (QED) is 0.709. The molecule has 20 heavy (non-hydrogen) atoms. The molecular weight excluding hydrogens is 308 g/mol. The Bertz CT molecular complexity index is 847. The van der Waals surface area contributed by atoms with Crippen molar-refractivity contribution in [3.05, 3.63) is 18.6 Å². The number of hydrogen-bond acceptors (Lipinski definition) is 6. The van der Waals surface area contributed by atoms with Gasteiger partial charge in [-0.3, -0.25) is 14.1 Å². The monoisotopic (exact) mass is 320 g/mol. The molecule has 110 valence electrons. The van der Waals surface area contributed by atoms with Crippen molar-refractivity contribution < 1.29 is 16.8 Å². The zero-order valence-electron chi connectivity index (χ0n) is 10.5. The highest BCUT2D eigenvalue weighted by molar-refractivity contribution is 7.93. The van der Waals surface area contributed by atoms with Gasteiger partial charge in [-0.25, -0.2) is 22.0 Å². The van der Waals surface area contributed by atoms with E-state index in [1.807, 2.05) is 0 Å². The molecule has 0 bridgehead atoms. The van der Waals surface area contributed by atoms with Gasteiger partial charge in [-0.15, -0.1) is 0 Å². The first-order chi connectivity index (χ1) is 9.09. The number of nitrogens with zero attached hydrogens (tertiary/aromatic N) is 4. The molecule has 0 saturated carbocycles. The van der Waals surface area contributed by atoms with Gasteiger partial charge >= 0.3 is 0 Å². The standard InChI is InChI=1S/C8H12N6O4S2/c1-13-4-6(3-10-13)20(17,18)12-8-7(19(9,15)16)5-14(2)11-8/h3-5H,1-2H3,(H,11,12)(H2,9,15,16). The Kier molecular flexibility index (Phi) is 3.31. The van der Waals surface area contributed by atoms with Gasteiger partial charge in [0.2, 0.25) is 10.0 Å². The second-order valence-electron chi connectivity index (χ2n) is 4.02. The van der Waals surface area contributed by atoms with Crippen LogP contribution in [0.3, 0.4) is 0 Å². The fraction of sp³-hybridized carbons (Fsp3) is 0.250. The average Bonchev–Trinajstić information content (AvgIpc) is 2.84. The van der Waals surface area contributed by atoms with E-state index in [0.717, 1.165) is 17.1 Å². The molecule has 0 aliphatic heterocycles.